The number of pyridine rings is 1. The number of benzene rings is 1. The summed E-state index contributed by atoms with van der Waals surface area (Å²) in [5, 5.41) is 10.8. The summed E-state index contributed by atoms with van der Waals surface area (Å²) in [4.78, 5) is 21.1. The second kappa shape index (κ2) is 5.21. The second-order valence-corrected chi connectivity index (χ2v) is 5.38. The monoisotopic (exact) mass is 299 g/mol. The van der Waals surface area contributed by atoms with Crippen molar-refractivity contribution in [3.05, 3.63) is 46.9 Å². The molecule has 0 fully saturated rings. The van der Waals surface area contributed by atoms with E-state index in [-0.39, 0.29) is 11.3 Å². The predicted molar refractivity (Wildman–Crippen MR) is 83.7 cm³/mol. The van der Waals surface area contributed by atoms with Gasteiger partial charge in [0.15, 0.2) is 5.16 Å². The highest BCUT2D eigenvalue weighted by atomic mass is 32.2. The lowest BCUT2D eigenvalue weighted by Gasteiger charge is -2.08. The quantitative estimate of drug-likeness (QED) is 0.581. The standard InChI is InChI=1S/C15H13N3O2S/c1-18-13-10(8-16-15(17-13)21-2)7-12(14(18)20)9-3-5-11(19)6-4-9/h3-8,19H,1-2H3. The fraction of sp³-hybridized carbons (Fsp3) is 0.133. The fourth-order valence-corrected chi connectivity index (χ4v) is 2.51. The molecule has 0 saturated carbocycles. The van der Waals surface area contributed by atoms with Gasteiger partial charge in [0.25, 0.3) is 5.56 Å². The molecule has 0 amide bonds. The molecule has 2 aromatic heterocycles. The highest BCUT2D eigenvalue weighted by molar-refractivity contribution is 7.98. The first-order valence-corrected chi connectivity index (χ1v) is 7.53. The second-order valence-electron chi connectivity index (χ2n) is 4.60. The summed E-state index contributed by atoms with van der Waals surface area (Å²) in [6.07, 6.45) is 3.61. The summed E-state index contributed by atoms with van der Waals surface area (Å²) in [7, 11) is 1.70. The van der Waals surface area contributed by atoms with E-state index in [1.54, 1.807) is 43.6 Å². The molecule has 3 rings (SSSR count). The zero-order chi connectivity index (χ0) is 15.0. The van der Waals surface area contributed by atoms with Crippen molar-refractivity contribution in [2.45, 2.75) is 5.16 Å². The number of hydrogen-bond donors (Lipinski definition) is 1. The number of nitrogens with zero attached hydrogens (tertiary/aromatic N) is 3. The molecule has 0 unspecified atom stereocenters. The Morgan fingerprint density at radius 1 is 1.24 bits per heavy atom. The van der Waals surface area contributed by atoms with Crippen LogP contribution < -0.4 is 5.56 Å². The summed E-state index contributed by atoms with van der Waals surface area (Å²) in [6, 6.07) is 8.34. The third-order valence-corrected chi connectivity index (χ3v) is 3.85. The SMILES string of the molecule is CSc1ncc2cc(-c3ccc(O)cc3)c(=O)n(C)c2n1. The predicted octanol–water partition coefficient (Wildman–Crippen LogP) is 2.42. The van der Waals surface area contributed by atoms with Gasteiger partial charge >= 0.3 is 0 Å². The van der Waals surface area contributed by atoms with Crippen LogP contribution in [0.2, 0.25) is 0 Å². The maximum Gasteiger partial charge on any atom is 0.259 e. The number of aromatic nitrogens is 3. The van der Waals surface area contributed by atoms with Crippen LogP contribution in [0.4, 0.5) is 0 Å². The first-order chi connectivity index (χ1) is 10.1. The number of phenols is 1. The van der Waals surface area contributed by atoms with Crippen molar-refractivity contribution in [3.8, 4) is 16.9 Å². The van der Waals surface area contributed by atoms with Crippen molar-refractivity contribution in [1.82, 2.24) is 14.5 Å². The summed E-state index contributed by atoms with van der Waals surface area (Å²) in [6.45, 7) is 0. The molecule has 0 aliphatic rings. The van der Waals surface area contributed by atoms with E-state index in [0.717, 1.165) is 10.9 Å². The number of fused-ring (bicyclic) bond motifs is 1. The largest absolute Gasteiger partial charge is 0.508 e. The summed E-state index contributed by atoms with van der Waals surface area (Å²) >= 11 is 1.44. The topological polar surface area (TPSA) is 68.0 Å². The average molecular weight is 299 g/mol. The molecule has 0 bridgehead atoms. The zero-order valence-electron chi connectivity index (χ0n) is 11.6. The Morgan fingerprint density at radius 3 is 2.62 bits per heavy atom. The number of phenolic OH excluding ortho intramolecular Hbond substituents is 1. The molecule has 1 aromatic carbocycles. The molecule has 0 saturated heterocycles. The van der Waals surface area contributed by atoms with Gasteiger partial charge in [-0.15, -0.1) is 0 Å². The minimum atomic E-state index is -0.126. The Bertz CT molecular complexity index is 872. The van der Waals surface area contributed by atoms with Crippen LogP contribution in [0, 0.1) is 0 Å². The summed E-state index contributed by atoms with van der Waals surface area (Å²) in [5.41, 5.74) is 1.80. The van der Waals surface area contributed by atoms with Gasteiger partial charge in [-0.3, -0.25) is 9.36 Å². The smallest absolute Gasteiger partial charge is 0.259 e. The van der Waals surface area contributed by atoms with Crippen LogP contribution in [0.5, 0.6) is 5.75 Å². The van der Waals surface area contributed by atoms with E-state index in [1.165, 1.54) is 16.3 Å². The third-order valence-electron chi connectivity index (χ3n) is 3.29. The first kappa shape index (κ1) is 13.6. The lowest BCUT2D eigenvalue weighted by atomic mass is 10.1. The Morgan fingerprint density at radius 2 is 1.95 bits per heavy atom. The molecule has 2 heterocycles. The van der Waals surface area contributed by atoms with E-state index in [9.17, 15) is 9.90 Å². The van der Waals surface area contributed by atoms with Gasteiger partial charge in [-0.25, -0.2) is 9.97 Å². The minimum absolute atomic E-state index is 0.126. The number of aromatic hydroxyl groups is 1. The lowest BCUT2D eigenvalue weighted by molar-refractivity contribution is 0.475. The molecule has 0 aliphatic carbocycles. The molecule has 21 heavy (non-hydrogen) atoms. The minimum Gasteiger partial charge on any atom is -0.508 e. The summed E-state index contributed by atoms with van der Waals surface area (Å²) < 4.78 is 1.53. The molecule has 3 aromatic rings. The number of aryl methyl sites for hydroxylation is 1. The van der Waals surface area contributed by atoms with Crippen LogP contribution in [-0.2, 0) is 7.05 Å². The molecule has 0 radical (unpaired) electrons. The van der Waals surface area contributed by atoms with E-state index < -0.39 is 0 Å². The molecular formula is C15H13N3O2S. The van der Waals surface area contributed by atoms with E-state index in [4.69, 9.17) is 0 Å². The van der Waals surface area contributed by atoms with Crippen LogP contribution in [0.3, 0.4) is 0 Å². The Kier molecular flexibility index (Phi) is 3.39. The van der Waals surface area contributed by atoms with Crippen molar-refractivity contribution in [1.29, 1.82) is 0 Å². The molecular weight excluding hydrogens is 286 g/mol. The van der Waals surface area contributed by atoms with Crippen LogP contribution in [-0.4, -0.2) is 25.9 Å². The highest BCUT2D eigenvalue weighted by Crippen LogP contribution is 2.22. The third kappa shape index (κ3) is 2.38. The van der Waals surface area contributed by atoms with E-state index in [2.05, 4.69) is 9.97 Å². The van der Waals surface area contributed by atoms with Gasteiger partial charge in [0.1, 0.15) is 11.4 Å². The molecule has 6 heteroatoms. The lowest BCUT2D eigenvalue weighted by Crippen LogP contribution is -2.20. The van der Waals surface area contributed by atoms with Crippen molar-refractivity contribution in [3.63, 3.8) is 0 Å². The molecule has 106 valence electrons. The number of rotatable bonds is 2. The van der Waals surface area contributed by atoms with Crippen molar-refractivity contribution < 1.29 is 5.11 Å². The van der Waals surface area contributed by atoms with Crippen LogP contribution in [0.15, 0.2) is 46.5 Å². The van der Waals surface area contributed by atoms with Crippen molar-refractivity contribution >= 4 is 22.8 Å². The maximum atomic E-state index is 12.5. The molecule has 0 spiro atoms. The van der Waals surface area contributed by atoms with Gasteiger partial charge in [0.2, 0.25) is 0 Å². The van der Waals surface area contributed by atoms with Gasteiger partial charge in [-0.2, -0.15) is 0 Å². The summed E-state index contributed by atoms with van der Waals surface area (Å²) in [5.74, 6) is 0.171. The zero-order valence-corrected chi connectivity index (χ0v) is 12.4. The molecule has 0 aliphatic heterocycles. The van der Waals surface area contributed by atoms with Crippen LogP contribution in [0.1, 0.15) is 0 Å². The van der Waals surface area contributed by atoms with Gasteiger partial charge in [0.05, 0.1) is 0 Å². The molecule has 5 nitrogen and oxygen atoms in total. The van der Waals surface area contributed by atoms with E-state index >= 15 is 0 Å². The normalized spacial score (nSPS) is 11.0. The molecule has 0 atom stereocenters. The van der Waals surface area contributed by atoms with Crippen molar-refractivity contribution in [2.75, 3.05) is 6.26 Å². The van der Waals surface area contributed by atoms with Crippen molar-refractivity contribution in [2.24, 2.45) is 7.05 Å². The number of hydrogen-bond acceptors (Lipinski definition) is 5. The van der Waals surface area contributed by atoms with Crippen LogP contribution in [0.25, 0.3) is 22.2 Å². The van der Waals surface area contributed by atoms with Gasteiger partial charge < -0.3 is 5.11 Å². The fourth-order valence-electron chi connectivity index (χ4n) is 2.18. The van der Waals surface area contributed by atoms with E-state index in [1.807, 2.05) is 6.26 Å². The Hall–Kier alpha value is -2.34. The average Bonchev–Trinajstić information content (AvgIpc) is 2.51. The Labute approximate surface area is 125 Å². The Balaban J connectivity index is 2.28. The molecule has 1 N–H and O–H groups in total. The first-order valence-electron chi connectivity index (χ1n) is 6.30. The highest BCUT2D eigenvalue weighted by Gasteiger charge is 2.11. The van der Waals surface area contributed by atoms with Gasteiger partial charge in [-0.05, 0) is 30.0 Å². The van der Waals surface area contributed by atoms with Crippen LogP contribution >= 0.6 is 11.8 Å². The van der Waals surface area contributed by atoms with Gasteiger partial charge in [-0.1, -0.05) is 23.9 Å². The van der Waals surface area contributed by atoms with E-state index in [0.29, 0.717) is 16.4 Å². The van der Waals surface area contributed by atoms with Gasteiger partial charge in [0, 0.05) is 24.2 Å². The number of thioether (sulfide) groups is 1. The maximum absolute atomic E-state index is 12.5.